The minimum absolute atomic E-state index is 0.0167. The van der Waals surface area contributed by atoms with Gasteiger partial charge in [-0.05, 0) is 68.0 Å². The maximum Gasteiger partial charge on any atom is 0.214 e. The summed E-state index contributed by atoms with van der Waals surface area (Å²) >= 11 is 1.56. The number of ether oxygens (including phenoxy) is 2. The maximum atomic E-state index is 12.5. The fourth-order valence-corrected chi connectivity index (χ4v) is 6.46. The molecule has 35 heavy (non-hydrogen) atoms. The molecular weight excluding hydrogens is 482 g/mol. The first kappa shape index (κ1) is 25.3. The van der Waals surface area contributed by atoms with Crippen molar-refractivity contribution in [3.63, 3.8) is 0 Å². The van der Waals surface area contributed by atoms with Gasteiger partial charge in [-0.2, -0.15) is 5.26 Å². The number of hydrogen-bond acceptors (Lipinski definition) is 7. The number of nitrogens with zero attached hydrogens (tertiary/aromatic N) is 2. The van der Waals surface area contributed by atoms with E-state index in [2.05, 4.69) is 21.8 Å². The van der Waals surface area contributed by atoms with Crippen molar-refractivity contribution in [1.82, 2.24) is 9.71 Å². The second-order valence-electron chi connectivity index (χ2n) is 8.77. The third-order valence-electron chi connectivity index (χ3n) is 5.87. The Bertz CT molecular complexity index is 1340. The summed E-state index contributed by atoms with van der Waals surface area (Å²) in [4.78, 5) is 5.65. The minimum Gasteiger partial charge on any atom is -0.490 e. The summed E-state index contributed by atoms with van der Waals surface area (Å²) in [6, 6.07) is 13.6. The molecule has 7 nitrogen and oxygen atoms in total. The highest BCUT2D eigenvalue weighted by molar-refractivity contribution is 7.89. The van der Waals surface area contributed by atoms with Crippen molar-refractivity contribution in [3.05, 3.63) is 59.3 Å². The van der Waals surface area contributed by atoms with Crippen molar-refractivity contribution in [1.29, 1.82) is 5.26 Å². The third-order valence-corrected chi connectivity index (χ3v) is 8.29. The lowest BCUT2D eigenvalue weighted by Gasteiger charge is -2.27. The molecule has 9 heteroatoms. The van der Waals surface area contributed by atoms with Crippen molar-refractivity contribution < 1.29 is 17.9 Å². The van der Waals surface area contributed by atoms with Gasteiger partial charge in [-0.3, -0.25) is 0 Å². The van der Waals surface area contributed by atoms with Gasteiger partial charge in [0.2, 0.25) is 10.0 Å². The number of benzene rings is 2. The summed E-state index contributed by atoms with van der Waals surface area (Å²) in [7, 11) is -1.94. The van der Waals surface area contributed by atoms with Gasteiger partial charge >= 0.3 is 0 Å². The molecule has 1 unspecified atom stereocenters. The van der Waals surface area contributed by atoms with E-state index >= 15 is 0 Å². The fraction of sp³-hybridized carbons (Fsp3) is 0.385. The smallest absolute Gasteiger partial charge is 0.214 e. The Labute approximate surface area is 210 Å². The van der Waals surface area contributed by atoms with Crippen LogP contribution in [0, 0.1) is 11.3 Å². The van der Waals surface area contributed by atoms with Gasteiger partial charge in [-0.15, -0.1) is 11.3 Å². The monoisotopic (exact) mass is 511 g/mol. The molecule has 1 heterocycles. The molecule has 1 atom stereocenters. The molecule has 0 saturated carbocycles. The van der Waals surface area contributed by atoms with Gasteiger partial charge in [-0.1, -0.05) is 18.2 Å². The van der Waals surface area contributed by atoms with Gasteiger partial charge < -0.3 is 9.47 Å². The molecule has 184 valence electrons. The highest BCUT2D eigenvalue weighted by Gasteiger charge is 2.27. The van der Waals surface area contributed by atoms with Crippen LogP contribution < -0.4 is 9.46 Å². The summed E-state index contributed by atoms with van der Waals surface area (Å²) in [6.07, 6.45) is 4.38. The molecule has 0 fully saturated rings. The molecule has 0 bridgehead atoms. The summed E-state index contributed by atoms with van der Waals surface area (Å²) in [5.41, 5.74) is 4.60. The summed E-state index contributed by atoms with van der Waals surface area (Å²) < 4.78 is 38.5. The third kappa shape index (κ3) is 5.90. The number of methoxy groups -OCH3 is 1. The zero-order chi connectivity index (χ0) is 25.0. The Kier molecular flexibility index (Phi) is 7.87. The van der Waals surface area contributed by atoms with Crippen LogP contribution in [-0.4, -0.2) is 39.0 Å². The zero-order valence-electron chi connectivity index (χ0n) is 20.1. The summed E-state index contributed by atoms with van der Waals surface area (Å²) in [5, 5.41) is 10.4. The molecule has 1 aromatic heterocycles. The lowest BCUT2D eigenvalue weighted by Crippen LogP contribution is -2.34. The Balaban J connectivity index is 1.63. The average molecular weight is 512 g/mol. The normalized spacial score (nSPS) is 15.6. The largest absolute Gasteiger partial charge is 0.490 e. The molecule has 0 saturated heterocycles. The first-order valence-electron chi connectivity index (χ1n) is 11.6. The van der Waals surface area contributed by atoms with Crippen molar-refractivity contribution >= 4 is 21.4 Å². The molecule has 0 aliphatic heterocycles. The minimum atomic E-state index is -3.43. The van der Waals surface area contributed by atoms with Crippen LogP contribution in [0.1, 0.15) is 49.4 Å². The zero-order valence-corrected chi connectivity index (χ0v) is 21.7. The number of sulfonamides is 1. The van der Waals surface area contributed by atoms with Gasteiger partial charge in [0.1, 0.15) is 16.8 Å². The first-order valence-corrected chi connectivity index (χ1v) is 14.1. The standard InChI is InChI=1S/C26H29N3O4S2/c1-17(2)33-24-11-10-18(14-19(24)15-27)26-28-16-25(34-26)22-8-4-7-21-20(22)6-5-9-23(21)29-35(30,31)13-12-32-3/h4,7-8,10-11,14,16-17,23,29H,5-6,9,12-13H2,1-3H3. The van der Waals surface area contributed by atoms with E-state index in [1.807, 2.05) is 50.4 Å². The van der Waals surface area contributed by atoms with Crippen LogP contribution in [0.2, 0.25) is 0 Å². The number of fused-ring (bicyclic) bond motifs is 1. The highest BCUT2D eigenvalue weighted by atomic mass is 32.2. The first-order chi connectivity index (χ1) is 16.8. The van der Waals surface area contributed by atoms with E-state index in [1.54, 1.807) is 11.3 Å². The molecule has 3 aromatic rings. The second-order valence-corrected chi connectivity index (χ2v) is 11.7. The molecule has 0 spiro atoms. The van der Waals surface area contributed by atoms with Crippen molar-refractivity contribution in [2.45, 2.75) is 45.3 Å². The van der Waals surface area contributed by atoms with Crippen molar-refractivity contribution in [2.75, 3.05) is 19.5 Å². The second kappa shape index (κ2) is 10.9. The van der Waals surface area contributed by atoms with Gasteiger partial charge in [0.25, 0.3) is 0 Å². The number of rotatable bonds is 9. The lowest BCUT2D eigenvalue weighted by atomic mass is 9.85. The van der Waals surface area contributed by atoms with E-state index in [9.17, 15) is 13.7 Å². The number of nitrogens with one attached hydrogen (secondary N) is 1. The van der Waals surface area contributed by atoms with E-state index in [0.29, 0.717) is 11.3 Å². The van der Waals surface area contributed by atoms with Crippen LogP contribution in [0.5, 0.6) is 5.75 Å². The molecule has 1 N–H and O–H groups in total. The Hall–Kier alpha value is -2.77. The molecule has 0 radical (unpaired) electrons. The van der Waals surface area contributed by atoms with Gasteiger partial charge in [0.15, 0.2) is 0 Å². The van der Waals surface area contributed by atoms with Gasteiger partial charge in [0, 0.05) is 24.9 Å². The molecule has 0 amide bonds. The maximum absolute atomic E-state index is 12.5. The molecule has 1 aliphatic carbocycles. The van der Waals surface area contributed by atoms with Crippen LogP contribution in [0.15, 0.2) is 42.6 Å². The number of aromatic nitrogens is 1. The van der Waals surface area contributed by atoms with E-state index in [4.69, 9.17) is 9.47 Å². The van der Waals surface area contributed by atoms with Crippen molar-refractivity contribution in [2.24, 2.45) is 0 Å². The fourth-order valence-electron chi connectivity index (χ4n) is 4.31. The molecule has 4 rings (SSSR count). The molecule has 1 aliphatic rings. The van der Waals surface area contributed by atoms with Crippen LogP contribution >= 0.6 is 11.3 Å². The van der Waals surface area contributed by atoms with Crippen LogP contribution in [-0.2, 0) is 21.2 Å². The Morgan fingerprint density at radius 3 is 2.86 bits per heavy atom. The highest BCUT2D eigenvalue weighted by Crippen LogP contribution is 2.40. The average Bonchev–Trinajstić information content (AvgIpc) is 3.32. The number of nitriles is 1. The van der Waals surface area contributed by atoms with E-state index in [1.165, 1.54) is 7.11 Å². The van der Waals surface area contributed by atoms with Crippen LogP contribution in [0.3, 0.4) is 0 Å². The number of thiazole rings is 1. The predicted octanol–water partition coefficient (Wildman–Crippen LogP) is 5.08. The summed E-state index contributed by atoms with van der Waals surface area (Å²) in [6.45, 7) is 4.02. The number of hydrogen-bond donors (Lipinski definition) is 1. The quantitative estimate of drug-likeness (QED) is 0.430. The van der Waals surface area contributed by atoms with Crippen LogP contribution in [0.25, 0.3) is 21.0 Å². The Morgan fingerprint density at radius 1 is 1.29 bits per heavy atom. The predicted molar refractivity (Wildman–Crippen MR) is 138 cm³/mol. The van der Waals surface area contributed by atoms with Gasteiger partial charge in [0.05, 0.1) is 28.9 Å². The molecular formula is C26H29N3O4S2. The van der Waals surface area contributed by atoms with Gasteiger partial charge in [-0.25, -0.2) is 18.1 Å². The molecule has 2 aromatic carbocycles. The van der Waals surface area contributed by atoms with Crippen LogP contribution in [0.4, 0.5) is 0 Å². The Morgan fingerprint density at radius 2 is 2.11 bits per heavy atom. The SMILES string of the molecule is COCCS(=O)(=O)NC1CCCc2c(-c3cnc(-c4ccc(OC(C)C)c(C#N)c4)s3)cccc21. The summed E-state index contributed by atoms with van der Waals surface area (Å²) in [5.74, 6) is 0.512. The van der Waals surface area contributed by atoms with Crippen molar-refractivity contribution in [3.8, 4) is 32.8 Å². The van der Waals surface area contributed by atoms with E-state index in [0.717, 1.165) is 51.4 Å². The lowest BCUT2D eigenvalue weighted by molar-refractivity contribution is 0.216. The topological polar surface area (TPSA) is 101 Å². The van der Waals surface area contributed by atoms with E-state index < -0.39 is 10.0 Å². The van der Waals surface area contributed by atoms with E-state index in [-0.39, 0.29) is 24.5 Å².